The first kappa shape index (κ1) is 17.1. The van der Waals surface area contributed by atoms with Gasteiger partial charge in [-0.3, -0.25) is 0 Å². The van der Waals surface area contributed by atoms with E-state index in [1.165, 1.54) is 12.3 Å². The molecule has 1 saturated heterocycles. The maximum Gasteiger partial charge on any atom is 0.219 e. The molecular formula is C18H19F2N3O2. The van der Waals surface area contributed by atoms with Crippen molar-refractivity contribution < 1.29 is 18.7 Å². The van der Waals surface area contributed by atoms with E-state index in [9.17, 15) is 14.0 Å². The highest BCUT2D eigenvalue weighted by atomic mass is 19.2. The lowest BCUT2D eigenvalue weighted by Gasteiger charge is -2.23. The van der Waals surface area contributed by atoms with Gasteiger partial charge in [-0.25, -0.2) is 13.8 Å². The van der Waals surface area contributed by atoms with Crippen LogP contribution in [-0.2, 0) is 0 Å². The summed E-state index contributed by atoms with van der Waals surface area (Å²) in [6, 6.07) is 6.60. The number of nitrogens with zero attached hydrogens (tertiary/aromatic N) is 3. The molecule has 1 aromatic carbocycles. The zero-order valence-corrected chi connectivity index (χ0v) is 13.7. The molecule has 0 bridgehead atoms. The number of hydrogen-bond donors (Lipinski definition) is 1. The van der Waals surface area contributed by atoms with Crippen molar-refractivity contribution in [3.63, 3.8) is 0 Å². The number of hydrogen-bond acceptors (Lipinski definition) is 4. The first-order chi connectivity index (χ1) is 12.2. The van der Waals surface area contributed by atoms with Gasteiger partial charge in [-0.05, 0) is 31.0 Å². The topological polar surface area (TPSA) is 58.0 Å². The number of benzene rings is 1. The lowest BCUT2D eigenvalue weighted by molar-refractivity contribution is 0.301. The summed E-state index contributed by atoms with van der Waals surface area (Å²) < 4.78 is 31.8. The van der Waals surface area contributed by atoms with Crippen molar-refractivity contribution in [2.45, 2.75) is 25.7 Å². The van der Waals surface area contributed by atoms with Crippen LogP contribution in [0.4, 0.5) is 8.78 Å². The second-order valence-electron chi connectivity index (χ2n) is 5.89. The summed E-state index contributed by atoms with van der Waals surface area (Å²) in [4.78, 5) is 6.10. The summed E-state index contributed by atoms with van der Waals surface area (Å²) >= 11 is 0. The van der Waals surface area contributed by atoms with Crippen LogP contribution in [-0.4, -0.2) is 34.0 Å². The van der Waals surface area contributed by atoms with E-state index < -0.39 is 11.6 Å². The molecule has 0 aliphatic carbocycles. The van der Waals surface area contributed by atoms with Gasteiger partial charge in [0.25, 0.3) is 0 Å². The highest BCUT2D eigenvalue weighted by Crippen LogP contribution is 2.23. The smallest absolute Gasteiger partial charge is 0.219 e. The number of rotatable bonds is 3. The average Bonchev–Trinajstić information content (AvgIpc) is 2.89. The molecule has 7 heteroatoms. The fourth-order valence-corrected chi connectivity index (χ4v) is 2.85. The fraction of sp³-hybridized carbons (Fsp3) is 0.333. The van der Waals surface area contributed by atoms with E-state index in [2.05, 4.69) is 10.1 Å². The summed E-state index contributed by atoms with van der Waals surface area (Å²) in [5, 5.41) is 12.9. The van der Waals surface area contributed by atoms with E-state index in [0.29, 0.717) is 11.4 Å². The van der Waals surface area contributed by atoms with Crippen LogP contribution in [0.15, 0.2) is 41.7 Å². The van der Waals surface area contributed by atoms with E-state index in [1.807, 2.05) is 4.90 Å². The number of ether oxygens (including phenoxy) is 1. The normalized spacial score (nSPS) is 15.8. The third kappa shape index (κ3) is 4.23. The van der Waals surface area contributed by atoms with E-state index >= 15 is 0 Å². The minimum Gasteiger partial charge on any atom is -0.439 e. The van der Waals surface area contributed by atoms with Crippen LogP contribution in [0.25, 0.3) is 0 Å². The Balaban J connectivity index is 1.80. The van der Waals surface area contributed by atoms with Gasteiger partial charge in [0.05, 0.1) is 0 Å². The molecule has 0 radical (unpaired) electrons. The third-order valence-electron chi connectivity index (χ3n) is 4.11. The first-order valence-corrected chi connectivity index (χ1v) is 8.24. The maximum atomic E-state index is 13.3. The minimum absolute atomic E-state index is 0.140. The molecule has 1 N–H and O–H groups in total. The zero-order chi connectivity index (χ0) is 17.6. The number of likely N-dealkylation sites (tertiary alicyclic amines) is 1. The molecule has 0 saturated carbocycles. The monoisotopic (exact) mass is 347 g/mol. The summed E-state index contributed by atoms with van der Waals surface area (Å²) in [5.74, 6) is -1.12. The summed E-state index contributed by atoms with van der Waals surface area (Å²) in [6.45, 7) is 1.64. The van der Waals surface area contributed by atoms with Gasteiger partial charge in [0.1, 0.15) is 5.75 Å². The van der Waals surface area contributed by atoms with Gasteiger partial charge < -0.3 is 14.8 Å². The van der Waals surface area contributed by atoms with Crippen molar-refractivity contribution in [1.82, 2.24) is 9.88 Å². The largest absolute Gasteiger partial charge is 0.439 e. The van der Waals surface area contributed by atoms with Crippen LogP contribution < -0.4 is 4.74 Å². The first-order valence-electron chi connectivity index (χ1n) is 8.24. The Hall–Kier alpha value is -2.70. The molecule has 25 heavy (non-hydrogen) atoms. The summed E-state index contributed by atoms with van der Waals surface area (Å²) in [7, 11) is 0. The second kappa shape index (κ2) is 7.92. The average molecular weight is 347 g/mol. The number of aromatic nitrogens is 1. The van der Waals surface area contributed by atoms with Crippen LogP contribution in [0.5, 0.6) is 11.6 Å². The molecule has 0 unspecified atom stereocenters. The molecule has 0 amide bonds. The Morgan fingerprint density at radius 2 is 1.80 bits per heavy atom. The van der Waals surface area contributed by atoms with Gasteiger partial charge in [0.15, 0.2) is 17.5 Å². The van der Waals surface area contributed by atoms with Crippen LogP contribution in [0, 0.1) is 11.6 Å². The van der Waals surface area contributed by atoms with Gasteiger partial charge in [-0.2, -0.15) is 0 Å². The van der Waals surface area contributed by atoms with E-state index in [-0.39, 0.29) is 11.6 Å². The predicted molar refractivity (Wildman–Crippen MR) is 89.0 cm³/mol. The van der Waals surface area contributed by atoms with Crippen LogP contribution in [0.2, 0.25) is 0 Å². The highest BCUT2D eigenvalue weighted by molar-refractivity contribution is 5.98. The van der Waals surface area contributed by atoms with E-state index in [4.69, 9.17) is 4.74 Å². The summed E-state index contributed by atoms with van der Waals surface area (Å²) in [6.07, 6.45) is 5.93. The van der Waals surface area contributed by atoms with E-state index in [0.717, 1.165) is 50.9 Å². The number of pyridine rings is 1. The molecule has 1 aliphatic heterocycles. The molecule has 1 aromatic heterocycles. The molecule has 2 aromatic rings. The van der Waals surface area contributed by atoms with Crippen molar-refractivity contribution in [1.29, 1.82) is 0 Å². The molecule has 132 valence electrons. The highest BCUT2D eigenvalue weighted by Gasteiger charge is 2.17. The molecule has 0 atom stereocenters. The molecule has 0 spiro atoms. The van der Waals surface area contributed by atoms with Crippen LogP contribution >= 0.6 is 0 Å². The van der Waals surface area contributed by atoms with Gasteiger partial charge >= 0.3 is 0 Å². The quantitative estimate of drug-likeness (QED) is 0.392. The minimum atomic E-state index is -0.990. The van der Waals surface area contributed by atoms with Crippen molar-refractivity contribution in [2.75, 3.05) is 13.1 Å². The number of halogens is 2. The van der Waals surface area contributed by atoms with Gasteiger partial charge in [0.2, 0.25) is 5.88 Å². The van der Waals surface area contributed by atoms with Crippen molar-refractivity contribution >= 4 is 5.84 Å². The standard InChI is InChI=1S/C18H19F2N3O2/c19-15-6-5-14(12-16(15)20)25-17-11-13(7-8-21-17)18(22-24)23-9-3-1-2-4-10-23/h5-8,11-12,24H,1-4,9-10H2/b22-18-. The van der Waals surface area contributed by atoms with Gasteiger partial charge in [-0.1, -0.05) is 18.0 Å². The predicted octanol–water partition coefficient (Wildman–Crippen LogP) is 4.16. The SMILES string of the molecule is O/N=C(/c1ccnc(Oc2ccc(F)c(F)c2)c1)N1CCCCCC1. The Labute approximate surface area is 144 Å². The lowest BCUT2D eigenvalue weighted by atomic mass is 10.2. The fourth-order valence-electron chi connectivity index (χ4n) is 2.85. The Bertz CT molecular complexity index is 760. The van der Waals surface area contributed by atoms with Crippen molar-refractivity contribution in [3.8, 4) is 11.6 Å². The number of amidine groups is 1. The molecule has 1 aliphatic rings. The van der Waals surface area contributed by atoms with Crippen LogP contribution in [0.3, 0.4) is 0 Å². The Morgan fingerprint density at radius 3 is 2.48 bits per heavy atom. The second-order valence-corrected chi connectivity index (χ2v) is 5.89. The van der Waals surface area contributed by atoms with Gasteiger partial charge in [-0.15, -0.1) is 0 Å². The third-order valence-corrected chi connectivity index (χ3v) is 4.11. The Kier molecular flexibility index (Phi) is 5.42. The lowest BCUT2D eigenvalue weighted by Crippen LogP contribution is -2.32. The maximum absolute atomic E-state index is 13.3. The van der Waals surface area contributed by atoms with Crippen molar-refractivity contribution in [3.05, 3.63) is 53.7 Å². The van der Waals surface area contributed by atoms with E-state index in [1.54, 1.807) is 12.1 Å². The zero-order valence-electron chi connectivity index (χ0n) is 13.7. The summed E-state index contributed by atoms with van der Waals surface area (Å²) in [5.41, 5.74) is 0.650. The van der Waals surface area contributed by atoms with Crippen molar-refractivity contribution in [2.24, 2.45) is 5.16 Å². The Morgan fingerprint density at radius 1 is 1.04 bits per heavy atom. The van der Waals surface area contributed by atoms with Crippen LogP contribution in [0.1, 0.15) is 31.2 Å². The molecular weight excluding hydrogens is 328 g/mol. The van der Waals surface area contributed by atoms with Gasteiger partial charge in [0, 0.05) is 37.0 Å². The molecule has 1 fully saturated rings. The molecule has 3 rings (SSSR count). The molecule has 2 heterocycles. The number of oxime groups is 1. The molecule has 5 nitrogen and oxygen atoms in total.